The molecule has 34 heavy (non-hydrogen) atoms. The molecule has 9 heteroatoms. The molecule has 2 aromatic carbocycles. The first-order valence-corrected chi connectivity index (χ1v) is 10.6. The highest BCUT2D eigenvalue weighted by Gasteiger charge is 2.16. The minimum absolute atomic E-state index is 0.263. The Morgan fingerprint density at radius 3 is 2.50 bits per heavy atom. The van der Waals surface area contributed by atoms with E-state index in [4.69, 9.17) is 4.74 Å². The zero-order chi connectivity index (χ0) is 24.1. The fourth-order valence-electron chi connectivity index (χ4n) is 3.30. The number of amides is 2. The number of carbonyl (C=O) groups is 3. The van der Waals surface area contributed by atoms with Crippen LogP contribution in [-0.2, 0) is 16.1 Å². The summed E-state index contributed by atoms with van der Waals surface area (Å²) < 4.78 is 6.79. The van der Waals surface area contributed by atoms with Gasteiger partial charge in [0.2, 0.25) is 0 Å². The Morgan fingerprint density at radius 1 is 0.941 bits per heavy atom. The molecule has 9 nitrogen and oxygen atoms in total. The minimum Gasteiger partial charge on any atom is -0.452 e. The largest absolute Gasteiger partial charge is 0.452 e. The number of benzene rings is 2. The lowest BCUT2D eigenvalue weighted by molar-refractivity contribution is -0.119. The van der Waals surface area contributed by atoms with Crippen LogP contribution in [-0.4, -0.2) is 39.0 Å². The highest BCUT2D eigenvalue weighted by Crippen LogP contribution is 2.16. The highest BCUT2D eigenvalue weighted by atomic mass is 16.5. The number of para-hydroxylation sites is 1. The van der Waals surface area contributed by atoms with Gasteiger partial charge in [0.1, 0.15) is 5.82 Å². The van der Waals surface area contributed by atoms with Gasteiger partial charge in [0.05, 0.1) is 16.8 Å². The quantitative estimate of drug-likeness (QED) is 0.412. The number of nitrogens with zero attached hydrogens (tertiary/aromatic N) is 3. The molecule has 0 saturated heterocycles. The van der Waals surface area contributed by atoms with E-state index in [0.717, 1.165) is 11.1 Å². The number of carbonyl (C=O) groups excluding carboxylic acids is 3. The van der Waals surface area contributed by atoms with E-state index in [9.17, 15) is 14.4 Å². The molecule has 2 amide bonds. The van der Waals surface area contributed by atoms with Crippen molar-refractivity contribution in [1.82, 2.24) is 19.9 Å². The Kier molecular flexibility index (Phi) is 6.63. The summed E-state index contributed by atoms with van der Waals surface area (Å²) in [7, 11) is 0. The normalized spacial score (nSPS) is 10.6. The van der Waals surface area contributed by atoms with Gasteiger partial charge in [-0.2, -0.15) is 0 Å². The summed E-state index contributed by atoms with van der Waals surface area (Å²) in [5.74, 6) is -0.922. The van der Waals surface area contributed by atoms with Gasteiger partial charge in [0, 0.05) is 12.7 Å². The van der Waals surface area contributed by atoms with Gasteiger partial charge in [0.15, 0.2) is 12.3 Å². The Morgan fingerprint density at radius 2 is 1.71 bits per heavy atom. The van der Waals surface area contributed by atoms with E-state index in [-0.39, 0.29) is 11.5 Å². The van der Waals surface area contributed by atoms with Gasteiger partial charge in [-0.1, -0.05) is 42.0 Å². The second-order valence-corrected chi connectivity index (χ2v) is 7.73. The number of anilines is 1. The lowest BCUT2D eigenvalue weighted by Gasteiger charge is -2.12. The summed E-state index contributed by atoms with van der Waals surface area (Å²) in [4.78, 5) is 37.5. The molecular formula is C25H23N5O4. The molecule has 0 aliphatic heterocycles. The number of hydrogen-bond acceptors (Lipinski definition) is 6. The van der Waals surface area contributed by atoms with Crippen LogP contribution in [0.1, 0.15) is 37.7 Å². The molecule has 0 aliphatic rings. The summed E-state index contributed by atoms with van der Waals surface area (Å²) >= 11 is 0. The van der Waals surface area contributed by atoms with Crippen molar-refractivity contribution < 1.29 is 19.1 Å². The van der Waals surface area contributed by atoms with Gasteiger partial charge >= 0.3 is 5.97 Å². The minimum atomic E-state index is -0.658. The number of pyridine rings is 1. The maximum atomic E-state index is 12.7. The lowest BCUT2D eigenvalue weighted by atomic mass is 10.1. The summed E-state index contributed by atoms with van der Waals surface area (Å²) in [6, 6.07) is 17.7. The molecular weight excluding hydrogens is 434 g/mol. The molecule has 4 aromatic rings. The van der Waals surface area contributed by atoms with Crippen LogP contribution in [0.25, 0.3) is 5.65 Å². The van der Waals surface area contributed by atoms with E-state index in [1.54, 1.807) is 53.9 Å². The summed E-state index contributed by atoms with van der Waals surface area (Å²) in [5.41, 5.74) is 3.60. The number of aryl methyl sites for hydroxylation is 2. The first-order chi connectivity index (χ1) is 16.4. The summed E-state index contributed by atoms with van der Waals surface area (Å²) in [6.45, 7) is 3.61. The van der Waals surface area contributed by atoms with Crippen LogP contribution in [0.2, 0.25) is 0 Å². The van der Waals surface area contributed by atoms with Crippen molar-refractivity contribution in [3.63, 3.8) is 0 Å². The van der Waals surface area contributed by atoms with Crippen LogP contribution in [0, 0.1) is 13.8 Å². The second kappa shape index (κ2) is 9.95. The molecule has 0 unspecified atom stereocenters. The third-order valence-corrected chi connectivity index (χ3v) is 5.16. The maximum Gasteiger partial charge on any atom is 0.340 e. The third kappa shape index (κ3) is 5.26. The van der Waals surface area contributed by atoms with E-state index in [0.29, 0.717) is 29.3 Å². The molecule has 0 bridgehead atoms. The van der Waals surface area contributed by atoms with Crippen LogP contribution in [0.3, 0.4) is 0 Å². The lowest BCUT2D eigenvalue weighted by Crippen LogP contribution is -2.26. The molecule has 0 atom stereocenters. The van der Waals surface area contributed by atoms with Gasteiger partial charge in [-0.15, -0.1) is 10.2 Å². The summed E-state index contributed by atoms with van der Waals surface area (Å²) in [5, 5.41) is 13.4. The maximum absolute atomic E-state index is 12.7. The Bertz CT molecular complexity index is 1360. The smallest absolute Gasteiger partial charge is 0.340 e. The van der Waals surface area contributed by atoms with Gasteiger partial charge in [-0.25, -0.2) is 4.79 Å². The first-order valence-electron chi connectivity index (χ1n) is 10.6. The van der Waals surface area contributed by atoms with Crippen LogP contribution >= 0.6 is 0 Å². The highest BCUT2D eigenvalue weighted by molar-refractivity contribution is 6.04. The van der Waals surface area contributed by atoms with Gasteiger partial charge < -0.3 is 15.4 Å². The molecule has 2 heterocycles. The van der Waals surface area contributed by atoms with Crippen LogP contribution in [0.15, 0.2) is 66.9 Å². The van der Waals surface area contributed by atoms with Crippen molar-refractivity contribution in [3.05, 3.63) is 94.9 Å². The zero-order valence-electron chi connectivity index (χ0n) is 18.7. The number of hydrogen-bond donors (Lipinski definition) is 2. The number of nitrogens with one attached hydrogen (secondary N) is 2. The molecule has 0 saturated carbocycles. The predicted octanol–water partition coefficient (Wildman–Crippen LogP) is 3.07. The number of ether oxygens (including phenoxy) is 1. The average Bonchev–Trinajstić information content (AvgIpc) is 3.22. The van der Waals surface area contributed by atoms with Crippen molar-refractivity contribution in [3.8, 4) is 0 Å². The number of fused-ring (bicyclic) bond motifs is 1. The fraction of sp³-hybridized carbons (Fsp3) is 0.160. The van der Waals surface area contributed by atoms with E-state index in [1.807, 2.05) is 31.2 Å². The number of rotatable bonds is 7. The second-order valence-electron chi connectivity index (χ2n) is 7.73. The van der Waals surface area contributed by atoms with Crippen molar-refractivity contribution >= 4 is 29.1 Å². The molecule has 4 rings (SSSR count). The standard InChI is InChI=1S/C25H23N5O4/c1-16-7-9-18(10-8-16)13-26-24(32)20-5-3-4-6-21(20)27-23(31)15-34-25(33)19-11-12-22-29-28-17(2)30(22)14-19/h3-12,14H,13,15H2,1-2H3,(H,26,32)(H,27,31). The predicted molar refractivity (Wildman–Crippen MR) is 125 cm³/mol. The van der Waals surface area contributed by atoms with Crippen molar-refractivity contribution in [2.75, 3.05) is 11.9 Å². The third-order valence-electron chi connectivity index (χ3n) is 5.16. The average molecular weight is 457 g/mol. The Balaban J connectivity index is 1.35. The SMILES string of the molecule is Cc1ccc(CNC(=O)c2ccccc2NC(=O)COC(=O)c2ccc3nnc(C)n3c2)cc1. The molecule has 0 radical (unpaired) electrons. The zero-order valence-corrected chi connectivity index (χ0v) is 18.7. The van der Waals surface area contributed by atoms with Gasteiger partial charge in [0.25, 0.3) is 11.8 Å². The molecule has 0 fully saturated rings. The van der Waals surface area contributed by atoms with Gasteiger partial charge in [-0.05, 0) is 43.7 Å². The van der Waals surface area contributed by atoms with E-state index >= 15 is 0 Å². The van der Waals surface area contributed by atoms with Gasteiger partial charge in [-0.3, -0.25) is 14.0 Å². The monoisotopic (exact) mass is 457 g/mol. The van der Waals surface area contributed by atoms with Crippen molar-refractivity contribution in [2.24, 2.45) is 0 Å². The van der Waals surface area contributed by atoms with Crippen LogP contribution in [0.4, 0.5) is 5.69 Å². The van der Waals surface area contributed by atoms with Crippen molar-refractivity contribution in [1.29, 1.82) is 0 Å². The topological polar surface area (TPSA) is 115 Å². The molecule has 2 aromatic heterocycles. The number of aromatic nitrogens is 3. The fourth-order valence-corrected chi connectivity index (χ4v) is 3.30. The van der Waals surface area contributed by atoms with Crippen LogP contribution < -0.4 is 10.6 Å². The summed E-state index contributed by atoms with van der Waals surface area (Å²) in [6.07, 6.45) is 1.55. The Labute approximate surface area is 195 Å². The number of esters is 1. The van der Waals surface area contributed by atoms with Crippen molar-refractivity contribution in [2.45, 2.75) is 20.4 Å². The van der Waals surface area contributed by atoms with Crippen LogP contribution in [0.5, 0.6) is 0 Å². The molecule has 172 valence electrons. The van der Waals surface area contributed by atoms with E-state index < -0.39 is 18.5 Å². The molecule has 2 N–H and O–H groups in total. The first kappa shape index (κ1) is 22.7. The van der Waals surface area contributed by atoms with E-state index in [1.165, 1.54) is 0 Å². The van der Waals surface area contributed by atoms with E-state index in [2.05, 4.69) is 20.8 Å². The molecule has 0 aliphatic carbocycles. The Hall–Kier alpha value is -4.53. The molecule has 0 spiro atoms.